The molecule has 2 rings (SSSR count). The quantitative estimate of drug-likeness (QED) is 0.856. The second-order valence-electron chi connectivity index (χ2n) is 7.17. The minimum absolute atomic E-state index is 0.0723. The number of nitrogens with zero attached hydrogens (tertiary/aromatic N) is 2. The van der Waals surface area contributed by atoms with E-state index < -0.39 is 0 Å². The van der Waals surface area contributed by atoms with Gasteiger partial charge in [-0.2, -0.15) is 0 Å². The Labute approximate surface area is 123 Å². The standard InChI is InChI=1S/C16H30N2O2/c1-16(2,12-19)17(3)11-15(20)18-10-6-8-13-7-4-5-9-14(13)18/h13-14,19H,4-12H2,1-3H3. The molecule has 2 unspecified atom stereocenters. The Hall–Kier alpha value is -0.610. The number of aliphatic hydroxyl groups excluding tert-OH is 1. The van der Waals surface area contributed by atoms with E-state index in [0.717, 1.165) is 18.9 Å². The number of amides is 1. The molecule has 2 fully saturated rings. The fourth-order valence-electron chi connectivity index (χ4n) is 3.56. The highest BCUT2D eigenvalue weighted by Crippen LogP contribution is 2.35. The lowest BCUT2D eigenvalue weighted by Gasteiger charge is -2.45. The molecule has 1 aliphatic heterocycles. The molecule has 0 aromatic carbocycles. The Balaban J connectivity index is 1.97. The first-order chi connectivity index (χ1) is 9.45. The zero-order valence-corrected chi connectivity index (χ0v) is 13.3. The van der Waals surface area contributed by atoms with E-state index in [1.165, 1.54) is 32.1 Å². The molecule has 20 heavy (non-hydrogen) atoms. The third-order valence-corrected chi connectivity index (χ3v) is 5.36. The van der Waals surface area contributed by atoms with Crippen LogP contribution in [0.15, 0.2) is 0 Å². The van der Waals surface area contributed by atoms with Gasteiger partial charge >= 0.3 is 0 Å². The minimum atomic E-state index is -0.336. The molecular weight excluding hydrogens is 252 g/mol. The zero-order valence-electron chi connectivity index (χ0n) is 13.3. The highest BCUT2D eigenvalue weighted by atomic mass is 16.3. The zero-order chi connectivity index (χ0) is 14.8. The maximum Gasteiger partial charge on any atom is 0.237 e. The Kier molecular flexibility index (Phi) is 5.08. The van der Waals surface area contributed by atoms with Crippen LogP contribution < -0.4 is 0 Å². The highest BCUT2D eigenvalue weighted by molar-refractivity contribution is 5.78. The van der Waals surface area contributed by atoms with Gasteiger partial charge in [0.05, 0.1) is 13.2 Å². The Morgan fingerprint density at radius 2 is 1.90 bits per heavy atom. The second-order valence-corrected chi connectivity index (χ2v) is 7.17. The molecule has 0 spiro atoms. The number of carbonyl (C=O) groups excluding carboxylic acids is 1. The van der Waals surface area contributed by atoms with Gasteiger partial charge in [0, 0.05) is 18.1 Å². The monoisotopic (exact) mass is 282 g/mol. The van der Waals surface area contributed by atoms with Gasteiger partial charge in [0.2, 0.25) is 5.91 Å². The van der Waals surface area contributed by atoms with Gasteiger partial charge in [-0.1, -0.05) is 12.8 Å². The first-order valence-electron chi connectivity index (χ1n) is 8.07. The highest BCUT2D eigenvalue weighted by Gasteiger charge is 2.36. The smallest absolute Gasteiger partial charge is 0.237 e. The molecule has 0 aromatic heterocycles. The van der Waals surface area contributed by atoms with E-state index in [1.807, 2.05) is 25.8 Å². The van der Waals surface area contributed by atoms with Crippen molar-refractivity contribution in [3.63, 3.8) is 0 Å². The molecule has 1 saturated heterocycles. The first kappa shape index (κ1) is 15.8. The first-order valence-corrected chi connectivity index (χ1v) is 8.07. The van der Waals surface area contributed by atoms with Gasteiger partial charge in [-0.3, -0.25) is 9.69 Å². The largest absolute Gasteiger partial charge is 0.394 e. The van der Waals surface area contributed by atoms with Crippen LogP contribution in [-0.2, 0) is 4.79 Å². The minimum Gasteiger partial charge on any atom is -0.394 e. The van der Waals surface area contributed by atoms with Crippen LogP contribution in [0.3, 0.4) is 0 Å². The van der Waals surface area contributed by atoms with Crippen molar-refractivity contribution >= 4 is 5.91 Å². The van der Waals surface area contributed by atoms with Crippen LogP contribution in [0.4, 0.5) is 0 Å². The predicted molar refractivity (Wildman–Crippen MR) is 80.5 cm³/mol. The summed E-state index contributed by atoms with van der Waals surface area (Å²) in [5.41, 5.74) is -0.336. The molecule has 1 amide bonds. The maximum atomic E-state index is 12.6. The third-order valence-electron chi connectivity index (χ3n) is 5.36. The molecule has 1 N–H and O–H groups in total. The van der Waals surface area contributed by atoms with E-state index in [2.05, 4.69) is 4.90 Å². The van der Waals surface area contributed by atoms with Crippen LogP contribution in [-0.4, -0.2) is 59.1 Å². The third kappa shape index (κ3) is 3.34. The molecule has 0 aromatic rings. The van der Waals surface area contributed by atoms with Crippen molar-refractivity contribution in [1.29, 1.82) is 0 Å². The van der Waals surface area contributed by atoms with Crippen LogP contribution in [0.5, 0.6) is 0 Å². The Morgan fingerprint density at radius 3 is 2.60 bits per heavy atom. The van der Waals surface area contributed by atoms with Crippen LogP contribution >= 0.6 is 0 Å². The number of likely N-dealkylation sites (N-methyl/N-ethyl adjacent to an activating group) is 1. The van der Waals surface area contributed by atoms with Crippen molar-refractivity contribution in [2.75, 3.05) is 26.7 Å². The second kappa shape index (κ2) is 6.44. The molecule has 2 aliphatic rings. The van der Waals surface area contributed by atoms with Crippen LogP contribution in [0.1, 0.15) is 52.4 Å². The van der Waals surface area contributed by atoms with Crippen molar-refractivity contribution < 1.29 is 9.90 Å². The number of likely N-dealkylation sites (tertiary alicyclic amines) is 1. The number of piperidine rings is 1. The van der Waals surface area contributed by atoms with Gasteiger partial charge < -0.3 is 10.0 Å². The summed E-state index contributed by atoms with van der Waals surface area (Å²) < 4.78 is 0. The molecule has 4 heteroatoms. The number of fused-ring (bicyclic) bond motifs is 1. The molecule has 4 nitrogen and oxygen atoms in total. The molecule has 1 aliphatic carbocycles. The molecule has 1 saturated carbocycles. The average molecular weight is 282 g/mol. The SMILES string of the molecule is CN(CC(=O)N1CCCC2CCCCC21)C(C)(C)CO. The van der Waals surface area contributed by atoms with Crippen molar-refractivity contribution in [2.24, 2.45) is 5.92 Å². The lowest BCUT2D eigenvalue weighted by Crippen LogP contribution is -2.55. The number of hydrogen-bond acceptors (Lipinski definition) is 3. The fraction of sp³-hybridized carbons (Fsp3) is 0.938. The molecule has 0 radical (unpaired) electrons. The summed E-state index contributed by atoms with van der Waals surface area (Å²) in [5.74, 6) is 0.975. The summed E-state index contributed by atoms with van der Waals surface area (Å²) in [6.07, 6.45) is 7.53. The Bertz CT molecular complexity index is 341. The van der Waals surface area contributed by atoms with E-state index >= 15 is 0 Å². The number of aliphatic hydroxyl groups is 1. The fourth-order valence-corrected chi connectivity index (χ4v) is 3.56. The normalized spacial score (nSPS) is 27.6. The van der Waals surface area contributed by atoms with E-state index in [9.17, 15) is 9.90 Å². The number of rotatable bonds is 4. The van der Waals surface area contributed by atoms with E-state index in [-0.39, 0.29) is 18.1 Å². The number of hydrogen-bond donors (Lipinski definition) is 1. The Morgan fingerprint density at radius 1 is 1.25 bits per heavy atom. The van der Waals surface area contributed by atoms with Gasteiger partial charge in [0.1, 0.15) is 0 Å². The van der Waals surface area contributed by atoms with Crippen molar-refractivity contribution in [3.05, 3.63) is 0 Å². The van der Waals surface area contributed by atoms with Crippen molar-refractivity contribution in [1.82, 2.24) is 9.80 Å². The van der Waals surface area contributed by atoms with Crippen LogP contribution in [0.25, 0.3) is 0 Å². The molecular formula is C16H30N2O2. The van der Waals surface area contributed by atoms with Gasteiger partial charge in [0.25, 0.3) is 0 Å². The van der Waals surface area contributed by atoms with Crippen LogP contribution in [0, 0.1) is 5.92 Å². The summed E-state index contributed by atoms with van der Waals surface area (Å²) in [5, 5.41) is 9.41. The van der Waals surface area contributed by atoms with Gasteiger partial charge in [0.15, 0.2) is 0 Å². The topological polar surface area (TPSA) is 43.8 Å². The van der Waals surface area contributed by atoms with Gasteiger partial charge in [-0.15, -0.1) is 0 Å². The summed E-state index contributed by atoms with van der Waals surface area (Å²) in [6.45, 7) is 5.35. The summed E-state index contributed by atoms with van der Waals surface area (Å²) in [6, 6.07) is 0.482. The lowest BCUT2D eigenvalue weighted by molar-refractivity contribution is -0.140. The maximum absolute atomic E-state index is 12.6. The van der Waals surface area contributed by atoms with Crippen LogP contribution in [0.2, 0.25) is 0 Å². The summed E-state index contributed by atoms with van der Waals surface area (Å²) >= 11 is 0. The molecule has 1 heterocycles. The number of carbonyl (C=O) groups is 1. The van der Waals surface area contributed by atoms with Crippen molar-refractivity contribution in [2.45, 2.75) is 64.0 Å². The van der Waals surface area contributed by atoms with Crippen molar-refractivity contribution in [3.8, 4) is 0 Å². The summed E-state index contributed by atoms with van der Waals surface area (Å²) in [7, 11) is 1.93. The van der Waals surface area contributed by atoms with Gasteiger partial charge in [-0.05, 0) is 52.5 Å². The van der Waals surface area contributed by atoms with E-state index in [0.29, 0.717) is 12.6 Å². The van der Waals surface area contributed by atoms with E-state index in [4.69, 9.17) is 0 Å². The average Bonchev–Trinajstić information content (AvgIpc) is 2.46. The molecule has 2 atom stereocenters. The lowest BCUT2D eigenvalue weighted by atomic mass is 9.78. The predicted octanol–water partition coefficient (Wildman–Crippen LogP) is 1.87. The molecule has 0 bridgehead atoms. The van der Waals surface area contributed by atoms with Gasteiger partial charge in [-0.25, -0.2) is 0 Å². The van der Waals surface area contributed by atoms with E-state index in [1.54, 1.807) is 0 Å². The molecule has 116 valence electrons. The summed E-state index contributed by atoms with van der Waals surface area (Å²) in [4.78, 5) is 16.7.